The number of aliphatic hydroxyl groups excluding tert-OH is 1. The number of likely N-dealkylation sites (tertiary alicyclic amines) is 1. The highest BCUT2D eigenvalue weighted by Gasteiger charge is 2.43. The molecule has 1 fully saturated rings. The maximum Gasteiger partial charge on any atom is 0.130 e. The van der Waals surface area contributed by atoms with Crippen LogP contribution in [0.15, 0.2) is 60.7 Å². The number of nitrogens with zero attached hydrogens (tertiary/aromatic N) is 1. The molecule has 2 N–H and O–H groups in total. The molecule has 25 heavy (non-hydrogen) atoms. The summed E-state index contributed by atoms with van der Waals surface area (Å²) in [5.74, 6) is 0. The molecule has 0 aliphatic carbocycles. The number of benzene rings is 2. The Morgan fingerprint density at radius 3 is 2.04 bits per heavy atom. The van der Waals surface area contributed by atoms with Crippen molar-refractivity contribution in [1.29, 1.82) is 0 Å². The molecule has 1 unspecified atom stereocenters. The van der Waals surface area contributed by atoms with E-state index in [4.69, 9.17) is 5.11 Å². The van der Waals surface area contributed by atoms with Gasteiger partial charge in [-0.2, -0.15) is 0 Å². The van der Waals surface area contributed by atoms with Gasteiger partial charge in [-0.25, -0.2) is 0 Å². The van der Waals surface area contributed by atoms with E-state index in [9.17, 15) is 5.11 Å². The molecular weight excluding hydrogens is 310 g/mol. The van der Waals surface area contributed by atoms with Gasteiger partial charge in [0.15, 0.2) is 0 Å². The predicted molar refractivity (Wildman–Crippen MR) is 101 cm³/mol. The summed E-state index contributed by atoms with van der Waals surface area (Å²) in [6.45, 7) is 2.17. The van der Waals surface area contributed by atoms with Crippen molar-refractivity contribution in [3.63, 3.8) is 0 Å². The van der Waals surface area contributed by atoms with Crippen LogP contribution >= 0.6 is 0 Å². The summed E-state index contributed by atoms with van der Waals surface area (Å²) >= 11 is 0. The van der Waals surface area contributed by atoms with E-state index in [1.54, 1.807) is 0 Å². The van der Waals surface area contributed by atoms with E-state index < -0.39 is 5.60 Å². The van der Waals surface area contributed by atoms with E-state index in [1.165, 1.54) is 6.42 Å². The number of aliphatic hydroxyl groups is 2. The standard InChI is InChI=1S/C22H29NO2/c24-18-10-9-17-23-16-8-7-15-21(23)22(25,19-11-3-1-4-12-19)20-13-5-2-6-14-20/h1-6,11-14,21,24-25H,7-10,15-18H2. The van der Waals surface area contributed by atoms with E-state index in [-0.39, 0.29) is 12.6 Å². The van der Waals surface area contributed by atoms with Crippen LogP contribution in [-0.2, 0) is 5.60 Å². The minimum Gasteiger partial charge on any atom is -0.396 e. The second kappa shape index (κ2) is 8.61. The van der Waals surface area contributed by atoms with Crippen LogP contribution in [0, 0.1) is 0 Å². The van der Waals surface area contributed by atoms with Gasteiger partial charge in [0, 0.05) is 12.6 Å². The van der Waals surface area contributed by atoms with E-state index in [1.807, 2.05) is 60.7 Å². The summed E-state index contributed by atoms with van der Waals surface area (Å²) < 4.78 is 0. The molecule has 0 radical (unpaired) electrons. The molecule has 0 bridgehead atoms. The van der Waals surface area contributed by atoms with Crippen LogP contribution in [0.3, 0.4) is 0 Å². The Hall–Kier alpha value is -1.68. The SMILES string of the molecule is OCCCCN1CCCCC1C(O)(c1ccccc1)c1ccccc1. The van der Waals surface area contributed by atoms with Crippen molar-refractivity contribution in [1.82, 2.24) is 4.90 Å². The minimum atomic E-state index is -1.01. The lowest BCUT2D eigenvalue weighted by Gasteiger charge is -2.46. The molecule has 1 aliphatic rings. The fraction of sp³-hybridized carbons (Fsp3) is 0.455. The van der Waals surface area contributed by atoms with Crippen LogP contribution in [-0.4, -0.2) is 40.9 Å². The van der Waals surface area contributed by atoms with Crippen LogP contribution in [0.1, 0.15) is 43.2 Å². The molecule has 2 aromatic rings. The van der Waals surface area contributed by atoms with E-state index in [0.29, 0.717) is 0 Å². The third-order valence-electron chi connectivity index (χ3n) is 5.38. The molecule has 0 amide bonds. The van der Waals surface area contributed by atoms with Gasteiger partial charge in [-0.05, 0) is 49.9 Å². The maximum absolute atomic E-state index is 12.0. The minimum absolute atomic E-state index is 0.0599. The van der Waals surface area contributed by atoms with Crippen LogP contribution in [0.25, 0.3) is 0 Å². The summed E-state index contributed by atoms with van der Waals surface area (Å²) in [6.07, 6.45) is 5.09. The second-order valence-electron chi connectivity index (χ2n) is 6.98. The highest BCUT2D eigenvalue weighted by atomic mass is 16.3. The normalized spacial score (nSPS) is 19.0. The van der Waals surface area contributed by atoms with E-state index in [0.717, 1.165) is 49.9 Å². The number of hydrogen-bond acceptors (Lipinski definition) is 3. The fourth-order valence-electron chi connectivity index (χ4n) is 4.09. The predicted octanol–water partition coefficient (Wildman–Crippen LogP) is 3.55. The molecule has 3 heteroatoms. The fourth-order valence-corrected chi connectivity index (χ4v) is 4.09. The van der Waals surface area contributed by atoms with Crippen molar-refractivity contribution >= 4 is 0 Å². The Bertz CT molecular complexity index is 589. The Morgan fingerprint density at radius 1 is 0.880 bits per heavy atom. The maximum atomic E-state index is 12.0. The first-order valence-corrected chi connectivity index (χ1v) is 9.45. The smallest absolute Gasteiger partial charge is 0.130 e. The summed E-state index contributed by atoms with van der Waals surface area (Å²) in [5.41, 5.74) is 0.905. The number of unbranched alkanes of at least 4 members (excludes halogenated alkanes) is 1. The third-order valence-corrected chi connectivity index (χ3v) is 5.38. The molecule has 1 saturated heterocycles. The zero-order valence-electron chi connectivity index (χ0n) is 14.8. The Labute approximate surface area is 150 Å². The van der Waals surface area contributed by atoms with Gasteiger partial charge in [0.25, 0.3) is 0 Å². The van der Waals surface area contributed by atoms with E-state index in [2.05, 4.69) is 4.90 Å². The van der Waals surface area contributed by atoms with Crippen molar-refractivity contribution in [2.24, 2.45) is 0 Å². The first-order valence-electron chi connectivity index (χ1n) is 9.45. The van der Waals surface area contributed by atoms with Gasteiger partial charge >= 0.3 is 0 Å². The molecule has 0 aromatic heterocycles. The molecule has 3 nitrogen and oxygen atoms in total. The Balaban J connectivity index is 1.98. The molecular formula is C22H29NO2. The molecule has 3 rings (SSSR count). The van der Waals surface area contributed by atoms with Gasteiger partial charge < -0.3 is 10.2 Å². The monoisotopic (exact) mass is 339 g/mol. The van der Waals surface area contributed by atoms with Crippen molar-refractivity contribution in [2.45, 2.75) is 43.7 Å². The second-order valence-corrected chi connectivity index (χ2v) is 6.98. The Kier molecular flexibility index (Phi) is 6.24. The lowest BCUT2D eigenvalue weighted by atomic mass is 9.76. The lowest BCUT2D eigenvalue weighted by molar-refractivity contribution is -0.0388. The highest BCUT2D eigenvalue weighted by Crippen LogP contribution is 2.39. The molecule has 134 valence electrons. The quantitative estimate of drug-likeness (QED) is 0.758. The number of rotatable bonds is 7. The van der Waals surface area contributed by atoms with Crippen LogP contribution in [0.4, 0.5) is 0 Å². The molecule has 0 saturated carbocycles. The summed E-state index contributed by atoms with van der Waals surface area (Å²) in [6, 6.07) is 20.2. The van der Waals surface area contributed by atoms with Gasteiger partial charge in [0.2, 0.25) is 0 Å². The topological polar surface area (TPSA) is 43.7 Å². The summed E-state index contributed by atoms with van der Waals surface area (Å²) in [7, 11) is 0. The molecule has 1 heterocycles. The van der Waals surface area contributed by atoms with Gasteiger partial charge in [-0.3, -0.25) is 4.90 Å². The molecule has 2 aromatic carbocycles. The average Bonchev–Trinajstić information content (AvgIpc) is 2.69. The van der Waals surface area contributed by atoms with Crippen LogP contribution < -0.4 is 0 Å². The van der Waals surface area contributed by atoms with Crippen molar-refractivity contribution < 1.29 is 10.2 Å². The average molecular weight is 339 g/mol. The zero-order chi connectivity index (χ0) is 17.5. The van der Waals surface area contributed by atoms with Gasteiger partial charge in [0.05, 0.1) is 0 Å². The molecule has 1 aliphatic heterocycles. The lowest BCUT2D eigenvalue weighted by Crippen LogP contribution is -2.54. The number of hydrogen-bond donors (Lipinski definition) is 2. The van der Waals surface area contributed by atoms with E-state index >= 15 is 0 Å². The largest absolute Gasteiger partial charge is 0.396 e. The number of piperidine rings is 1. The zero-order valence-corrected chi connectivity index (χ0v) is 14.8. The van der Waals surface area contributed by atoms with Gasteiger partial charge in [-0.15, -0.1) is 0 Å². The van der Waals surface area contributed by atoms with Crippen LogP contribution in [0.5, 0.6) is 0 Å². The summed E-state index contributed by atoms with van der Waals surface area (Å²) in [5, 5.41) is 21.1. The van der Waals surface area contributed by atoms with Crippen molar-refractivity contribution in [3.8, 4) is 0 Å². The van der Waals surface area contributed by atoms with Crippen LogP contribution in [0.2, 0.25) is 0 Å². The highest BCUT2D eigenvalue weighted by molar-refractivity contribution is 5.38. The van der Waals surface area contributed by atoms with Gasteiger partial charge in [-0.1, -0.05) is 67.1 Å². The van der Waals surface area contributed by atoms with Crippen molar-refractivity contribution in [2.75, 3.05) is 19.7 Å². The third kappa shape index (κ3) is 3.95. The Morgan fingerprint density at radius 2 is 1.48 bits per heavy atom. The molecule has 1 atom stereocenters. The summed E-state index contributed by atoms with van der Waals surface area (Å²) in [4.78, 5) is 2.43. The molecule has 0 spiro atoms. The first kappa shape index (κ1) is 18.1. The van der Waals surface area contributed by atoms with Gasteiger partial charge in [0.1, 0.15) is 5.60 Å². The van der Waals surface area contributed by atoms with Crippen molar-refractivity contribution in [3.05, 3.63) is 71.8 Å². The first-order chi connectivity index (χ1) is 12.3.